The minimum atomic E-state index is -1.11. The molecule has 0 heterocycles. The molecule has 0 radical (unpaired) electrons. The van der Waals surface area contributed by atoms with Crippen molar-refractivity contribution in [2.75, 3.05) is 26.9 Å². The summed E-state index contributed by atoms with van der Waals surface area (Å²) in [5, 5.41) is 11.8. The van der Waals surface area contributed by atoms with Crippen LogP contribution in [0.1, 0.15) is 133 Å². The first kappa shape index (κ1) is 42.1. The van der Waals surface area contributed by atoms with E-state index in [1.165, 1.54) is 32.1 Å². The number of carboxylic acid groups (broad SMARTS) is 1. The molecule has 3 unspecified atom stereocenters. The van der Waals surface area contributed by atoms with Gasteiger partial charge in [-0.2, -0.15) is 0 Å². The van der Waals surface area contributed by atoms with E-state index in [0.717, 1.165) is 32.1 Å². The average molecular weight is 579 g/mol. The molecule has 0 aromatic carbocycles. The van der Waals surface area contributed by atoms with Crippen molar-refractivity contribution >= 4 is 26.6 Å². The van der Waals surface area contributed by atoms with E-state index in [4.69, 9.17) is 14.7 Å². The Morgan fingerprint density at radius 1 is 0.949 bits per heavy atom. The van der Waals surface area contributed by atoms with Gasteiger partial charge in [0.1, 0.15) is 6.61 Å². The summed E-state index contributed by atoms with van der Waals surface area (Å²) in [5.74, 6) is -0.320. The minimum absolute atomic E-state index is 0.0517. The predicted molar refractivity (Wildman–Crippen MR) is 166 cm³/mol. The quantitative estimate of drug-likeness (QED) is 0.0734. The molecule has 1 amide bonds. The summed E-state index contributed by atoms with van der Waals surface area (Å²) in [5.41, 5.74) is 0.0517. The molecule has 9 heteroatoms. The van der Waals surface area contributed by atoms with Gasteiger partial charge in [-0.1, -0.05) is 93.9 Å². The fourth-order valence-corrected chi connectivity index (χ4v) is 5.00. The monoisotopic (exact) mass is 578 g/mol. The highest BCUT2D eigenvalue weighted by molar-refractivity contribution is 7.40. The van der Waals surface area contributed by atoms with Gasteiger partial charge in [0.05, 0.1) is 11.7 Å². The van der Waals surface area contributed by atoms with Gasteiger partial charge in [-0.25, -0.2) is 4.79 Å². The Balaban J connectivity index is -0.000000625. The van der Waals surface area contributed by atoms with Crippen LogP contribution in [-0.2, 0) is 19.2 Å². The Hall–Kier alpha value is -1.40. The first-order chi connectivity index (χ1) is 18.3. The molecule has 0 aromatic heterocycles. The number of rotatable bonds is 18. The molecule has 8 nitrogen and oxygen atoms in total. The van der Waals surface area contributed by atoms with E-state index in [-0.39, 0.29) is 30.5 Å². The number of ether oxygens (including phenoxy) is 1. The Bertz CT molecular complexity index is 627. The zero-order chi connectivity index (χ0) is 30.9. The van der Waals surface area contributed by atoms with Crippen molar-refractivity contribution < 1.29 is 29.1 Å². The van der Waals surface area contributed by atoms with Crippen LogP contribution < -0.4 is 5.32 Å². The lowest BCUT2D eigenvalue weighted by atomic mass is 9.85. The molecule has 0 saturated heterocycles. The molecule has 0 bridgehead atoms. The first-order valence-corrected chi connectivity index (χ1v) is 16.5. The summed E-state index contributed by atoms with van der Waals surface area (Å²) in [7, 11) is 2.34. The largest absolute Gasteiger partial charge is 0.465 e. The number of amides is 1. The molecular formula is C30H63N2O6P. The van der Waals surface area contributed by atoms with Crippen LogP contribution in [0.3, 0.4) is 0 Å². The molecule has 0 aliphatic heterocycles. The highest BCUT2D eigenvalue weighted by Gasteiger charge is 2.37. The first-order valence-electron chi connectivity index (χ1n) is 15.0. The minimum Gasteiger partial charge on any atom is -0.465 e. The van der Waals surface area contributed by atoms with Gasteiger partial charge in [0.15, 0.2) is 0 Å². The molecule has 0 aromatic rings. The highest BCUT2D eigenvalue weighted by Crippen LogP contribution is 2.40. The SMILES string of the molecule is CC.CCCCCCCC(=O)ON(C)C(CC)CCCC.CPC(C)(CC(C)(C)C)C(=O)OCCNC(=O)O. The number of esters is 1. The van der Waals surface area contributed by atoms with Crippen LogP contribution in [0.25, 0.3) is 0 Å². The van der Waals surface area contributed by atoms with Crippen LogP contribution in [-0.4, -0.2) is 66.3 Å². The van der Waals surface area contributed by atoms with Gasteiger partial charge < -0.3 is 20.0 Å². The third-order valence-corrected chi connectivity index (χ3v) is 7.59. The molecule has 0 spiro atoms. The second kappa shape index (κ2) is 25.6. The number of hydroxylamine groups is 2. The number of carbonyl (C=O) groups is 3. The third-order valence-electron chi connectivity index (χ3n) is 6.10. The zero-order valence-electron chi connectivity index (χ0n) is 27.2. The lowest BCUT2D eigenvalue weighted by molar-refractivity contribution is -0.195. The molecule has 0 saturated carbocycles. The smallest absolute Gasteiger partial charge is 0.404 e. The standard InChI is InChI=1S/C16H33NO2.C12H24NO4P.C2H6/c1-5-8-10-11-12-14-16(18)19-17(4)15(7-3)13-9-6-2;1-11(2,3)8-12(4,18-5)9(14)17-7-6-13-10(15)16;1-2/h15H,5-14H2,1-4H3;13,18H,6-8H2,1-5H3,(H,15,16);1-2H3. The van der Waals surface area contributed by atoms with E-state index in [1.807, 2.05) is 34.5 Å². The topological polar surface area (TPSA) is 105 Å². The van der Waals surface area contributed by atoms with E-state index >= 15 is 0 Å². The van der Waals surface area contributed by atoms with Crippen LogP contribution in [0.5, 0.6) is 0 Å². The lowest BCUT2D eigenvalue weighted by Crippen LogP contribution is -2.37. The van der Waals surface area contributed by atoms with Gasteiger partial charge in [-0.3, -0.25) is 9.59 Å². The lowest BCUT2D eigenvalue weighted by Gasteiger charge is -2.32. The number of unbranched alkanes of at least 4 members (excludes halogenated alkanes) is 5. The van der Waals surface area contributed by atoms with Crippen molar-refractivity contribution in [3.63, 3.8) is 0 Å². The second-order valence-corrected chi connectivity index (χ2v) is 12.7. The van der Waals surface area contributed by atoms with E-state index in [0.29, 0.717) is 21.0 Å². The molecule has 234 valence electrons. The fraction of sp³-hybridized carbons (Fsp3) is 0.900. The van der Waals surface area contributed by atoms with Gasteiger partial charge >= 0.3 is 18.0 Å². The maximum Gasteiger partial charge on any atom is 0.404 e. The van der Waals surface area contributed by atoms with Crippen LogP contribution >= 0.6 is 8.58 Å². The Kier molecular flexibility index (Phi) is 27.6. The summed E-state index contributed by atoms with van der Waals surface area (Å²) >= 11 is 0. The van der Waals surface area contributed by atoms with E-state index in [1.54, 1.807) is 5.06 Å². The van der Waals surface area contributed by atoms with E-state index in [2.05, 4.69) is 46.9 Å². The van der Waals surface area contributed by atoms with Crippen LogP contribution in [0, 0.1) is 5.41 Å². The van der Waals surface area contributed by atoms with Crippen molar-refractivity contribution in [3.05, 3.63) is 0 Å². The number of hydrogen-bond donors (Lipinski definition) is 2. The average Bonchev–Trinajstić information content (AvgIpc) is 2.87. The number of nitrogens with zero attached hydrogens (tertiary/aromatic N) is 1. The van der Waals surface area contributed by atoms with Crippen molar-refractivity contribution in [1.82, 2.24) is 10.4 Å². The molecule has 3 atom stereocenters. The van der Waals surface area contributed by atoms with Crippen LogP contribution in [0.15, 0.2) is 0 Å². The van der Waals surface area contributed by atoms with Crippen molar-refractivity contribution in [2.24, 2.45) is 5.41 Å². The van der Waals surface area contributed by atoms with Crippen LogP contribution in [0.4, 0.5) is 4.79 Å². The van der Waals surface area contributed by atoms with E-state index in [9.17, 15) is 14.4 Å². The maximum absolute atomic E-state index is 12.0. The number of nitrogens with one attached hydrogen (secondary N) is 1. The van der Waals surface area contributed by atoms with Gasteiger partial charge in [0.2, 0.25) is 0 Å². The molecule has 0 aliphatic carbocycles. The third kappa shape index (κ3) is 25.3. The van der Waals surface area contributed by atoms with Crippen molar-refractivity contribution in [1.29, 1.82) is 0 Å². The van der Waals surface area contributed by atoms with Gasteiger partial charge in [0.25, 0.3) is 0 Å². The summed E-state index contributed by atoms with van der Waals surface area (Å²) in [6.07, 6.45) is 10.5. The molecule has 39 heavy (non-hydrogen) atoms. The molecule has 0 fully saturated rings. The zero-order valence-corrected chi connectivity index (χ0v) is 28.2. The molecular weight excluding hydrogens is 515 g/mol. The molecule has 0 aliphatic rings. The van der Waals surface area contributed by atoms with Gasteiger partial charge in [-0.15, -0.1) is 13.6 Å². The molecule has 2 N–H and O–H groups in total. The van der Waals surface area contributed by atoms with Gasteiger partial charge in [0, 0.05) is 19.5 Å². The molecule has 0 rings (SSSR count). The summed E-state index contributed by atoms with van der Waals surface area (Å²) in [6.45, 7) is 20.9. The van der Waals surface area contributed by atoms with Crippen molar-refractivity contribution in [3.8, 4) is 0 Å². The van der Waals surface area contributed by atoms with Gasteiger partial charge in [-0.05, 0) is 44.7 Å². The van der Waals surface area contributed by atoms with E-state index < -0.39 is 11.2 Å². The second-order valence-electron chi connectivity index (χ2n) is 11.1. The summed E-state index contributed by atoms with van der Waals surface area (Å²) in [6, 6.07) is 0.365. The highest BCUT2D eigenvalue weighted by atomic mass is 31.1. The predicted octanol–water partition coefficient (Wildman–Crippen LogP) is 8.03. The Labute approximate surface area is 242 Å². The van der Waals surface area contributed by atoms with Crippen molar-refractivity contribution in [2.45, 2.75) is 144 Å². The normalized spacial score (nSPS) is 13.4. The Morgan fingerprint density at radius 3 is 1.97 bits per heavy atom. The summed E-state index contributed by atoms with van der Waals surface area (Å²) < 4.78 is 5.14. The maximum atomic E-state index is 12.0. The summed E-state index contributed by atoms with van der Waals surface area (Å²) in [4.78, 5) is 39.4. The number of carbonyl (C=O) groups excluding carboxylic acids is 2. The fourth-order valence-electron chi connectivity index (χ4n) is 4.02. The Morgan fingerprint density at radius 2 is 1.51 bits per heavy atom. The van der Waals surface area contributed by atoms with Crippen LogP contribution in [0.2, 0.25) is 0 Å². The number of hydrogen-bond acceptors (Lipinski definition) is 6.